The third kappa shape index (κ3) is 3.24. The van der Waals surface area contributed by atoms with Gasteiger partial charge in [-0.2, -0.15) is 0 Å². The third-order valence-corrected chi connectivity index (χ3v) is 2.11. The zero-order chi connectivity index (χ0) is 12.1. The normalized spacial score (nSPS) is 9.65. The second-order valence-electron chi connectivity index (χ2n) is 3.45. The van der Waals surface area contributed by atoms with Crippen molar-refractivity contribution in [1.82, 2.24) is 0 Å². The Morgan fingerprint density at radius 2 is 1.65 bits per heavy atom. The van der Waals surface area contributed by atoms with Crippen LogP contribution in [0.3, 0.4) is 0 Å². The molecule has 0 atom stereocenters. The summed E-state index contributed by atoms with van der Waals surface area (Å²) in [6.07, 6.45) is -0.527. The molecule has 86 valence electrons. The molecule has 0 heterocycles. The molecule has 3 N–H and O–H groups in total. The lowest BCUT2D eigenvalue weighted by molar-refractivity contribution is 0.215. The van der Waals surface area contributed by atoms with E-state index in [-0.39, 0.29) is 0 Å². The molecule has 0 aliphatic rings. The van der Waals surface area contributed by atoms with Gasteiger partial charge in [-0.15, -0.1) is 0 Å². The summed E-state index contributed by atoms with van der Waals surface area (Å²) < 4.78 is 5.07. The van der Waals surface area contributed by atoms with Crippen molar-refractivity contribution in [2.45, 2.75) is 0 Å². The number of rotatable bonds is 2. The maximum absolute atomic E-state index is 11.5. The fraction of sp³-hybridized carbons (Fsp3) is 0. The van der Waals surface area contributed by atoms with Crippen molar-refractivity contribution in [3.05, 3.63) is 54.6 Å². The standard InChI is InChI=1S/C13H12N2O2/c14-10-6-8-12(9-7-10)17-13(16)15-11-4-2-1-3-5-11/h1-9H,14H2,(H,15,16). The number of carbonyl (C=O) groups is 1. The molecule has 2 aromatic carbocycles. The summed E-state index contributed by atoms with van der Waals surface area (Å²) in [5.74, 6) is 0.452. The maximum atomic E-state index is 11.5. The highest BCUT2D eigenvalue weighted by molar-refractivity contribution is 5.86. The summed E-state index contributed by atoms with van der Waals surface area (Å²) in [7, 11) is 0. The molecule has 2 aromatic rings. The van der Waals surface area contributed by atoms with Crippen molar-refractivity contribution >= 4 is 17.5 Å². The average Bonchev–Trinajstić information content (AvgIpc) is 2.33. The van der Waals surface area contributed by atoms with Crippen LogP contribution < -0.4 is 15.8 Å². The molecule has 0 saturated carbocycles. The molecule has 0 saturated heterocycles. The van der Waals surface area contributed by atoms with Crippen LogP contribution in [0.2, 0.25) is 0 Å². The van der Waals surface area contributed by atoms with E-state index < -0.39 is 6.09 Å². The van der Waals surface area contributed by atoms with E-state index in [1.54, 1.807) is 36.4 Å². The Morgan fingerprint density at radius 3 is 2.29 bits per heavy atom. The highest BCUT2D eigenvalue weighted by atomic mass is 16.6. The summed E-state index contributed by atoms with van der Waals surface area (Å²) >= 11 is 0. The van der Waals surface area contributed by atoms with Gasteiger partial charge < -0.3 is 10.5 Å². The second kappa shape index (κ2) is 5.03. The highest BCUT2D eigenvalue weighted by Gasteiger charge is 2.03. The smallest absolute Gasteiger partial charge is 0.410 e. The van der Waals surface area contributed by atoms with Gasteiger partial charge in [-0.05, 0) is 36.4 Å². The third-order valence-electron chi connectivity index (χ3n) is 2.11. The first-order chi connectivity index (χ1) is 8.24. The molecule has 17 heavy (non-hydrogen) atoms. The van der Waals surface area contributed by atoms with Gasteiger partial charge in [-0.25, -0.2) is 4.79 Å². The van der Waals surface area contributed by atoms with Gasteiger partial charge >= 0.3 is 6.09 Å². The largest absolute Gasteiger partial charge is 0.417 e. The van der Waals surface area contributed by atoms with Crippen LogP contribution in [-0.4, -0.2) is 6.09 Å². The monoisotopic (exact) mass is 228 g/mol. The number of anilines is 2. The minimum absolute atomic E-state index is 0.452. The molecule has 0 fully saturated rings. The Bertz CT molecular complexity index is 495. The molecular weight excluding hydrogens is 216 g/mol. The number of hydrogen-bond acceptors (Lipinski definition) is 3. The summed E-state index contributed by atoms with van der Waals surface area (Å²) in [5.41, 5.74) is 6.84. The summed E-state index contributed by atoms with van der Waals surface area (Å²) in [4.78, 5) is 11.5. The molecular formula is C13H12N2O2. The van der Waals surface area contributed by atoms with Crippen LogP contribution in [0.25, 0.3) is 0 Å². The molecule has 0 aliphatic heterocycles. The molecule has 0 bridgehead atoms. The van der Waals surface area contributed by atoms with Crippen LogP contribution in [0, 0.1) is 0 Å². The molecule has 1 amide bonds. The first-order valence-electron chi connectivity index (χ1n) is 5.13. The molecule has 4 nitrogen and oxygen atoms in total. The van der Waals surface area contributed by atoms with E-state index in [0.29, 0.717) is 17.1 Å². The van der Waals surface area contributed by atoms with E-state index in [0.717, 1.165) is 0 Å². The minimum atomic E-state index is -0.527. The van der Waals surface area contributed by atoms with E-state index in [9.17, 15) is 4.79 Å². The summed E-state index contributed by atoms with van der Waals surface area (Å²) in [6.45, 7) is 0. The van der Waals surface area contributed by atoms with Gasteiger partial charge in [0.25, 0.3) is 0 Å². The Kier molecular flexibility index (Phi) is 3.25. The number of carbonyl (C=O) groups excluding carboxylic acids is 1. The van der Waals surface area contributed by atoms with Crippen molar-refractivity contribution in [2.24, 2.45) is 0 Å². The molecule has 4 heteroatoms. The number of ether oxygens (including phenoxy) is 1. The van der Waals surface area contributed by atoms with Gasteiger partial charge in [-0.3, -0.25) is 5.32 Å². The van der Waals surface area contributed by atoms with Crippen molar-refractivity contribution in [1.29, 1.82) is 0 Å². The van der Waals surface area contributed by atoms with Crippen molar-refractivity contribution < 1.29 is 9.53 Å². The predicted octanol–water partition coefficient (Wildman–Crippen LogP) is 2.88. The lowest BCUT2D eigenvalue weighted by atomic mass is 10.3. The van der Waals surface area contributed by atoms with Gasteiger partial charge in [-0.1, -0.05) is 18.2 Å². The fourth-order valence-corrected chi connectivity index (χ4v) is 1.31. The SMILES string of the molecule is Nc1ccc(OC(=O)Nc2ccccc2)cc1. The number of hydrogen-bond donors (Lipinski definition) is 2. The number of amides is 1. The van der Waals surface area contributed by atoms with Crippen LogP contribution in [0.4, 0.5) is 16.2 Å². The summed E-state index contributed by atoms with van der Waals surface area (Å²) in [5, 5.41) is 2.61. The van der Waals surface area contributed by atoms with E-state index >= 15 is 0 Å². The second-order valence-corrected chi connectivity index (χ2v) is 3.45. The van der Waals surface area contributed by atoms with E-state index in [1.807, 2.05) is 18.2 Å². The van der Waals surface area contributed by atoms with Crippen LogP contribution >= 0.6 is 0 Å². The quantitative estimate of drug-likeness (QED) is 0.777. The first-order valence-corrected chi connectivity index (χ1v) is 5.13. The summed E-state index contributed by atoms with van der Waals surface area (Å²) in [6, 6.07) is 15.7. The molecule has 2 rings (SSSR count). The van der Waals surface area contributed by atoms with Crippen molar-refractivity contribution in [3.8, 4) is 5.75 Å². The minimum Gasteiger partial charge on any atom is -0.410 e. The molecule has 0 aromatic heterocycles. The first kappa shape index (κ1) is 11.0. The Balaban J connectivity index is 1.96. The van der Waals surface area contributed by atoms with Gasteiger partial charge in [0, 0.05) is 11.4 Å². The number of benzene rings is 2. The van der Waals surface area contributed by atoms with Crippen molar-refractivity contribution in [2.75, 3.05) is 11.1 Å². The van der Waals surface area contributed by atoms with E-state index in [1.165, 1.54) is 0 Å². The van der Waals surface area contributed by atoms with Crippen LogP contribution in [0.1, 0.15) is 0 Å². The maximum Gasteiger partial charge on any atom is 0.417 e. The number of nitrogen functional groups attached to an aromatic ring is 1. The lowest BCUT2D eigenvalue weighted by Gasteiger charge is -2.06. The lowest BCUT2D eigenvalue weighted by Crippen LogP contribution is -2.16. The van der Waals surface area contributed by atoms with Crippen molar-refractivity contribution in [3.63, 3.8) is 0 Å². The molecule has 0 spiro atoms. The van der Waals surface area contributed by atoms with Crippen LogP contribution in [0.15, 0.2) is 54.6 Å². The zero-order valence-electron chi connectivity index (χ0n) is 9.09. The number of nitrogens with one attached hydrogen (secondary N) is 1. The van der Waals surface area contributed by atoms with Gasteiger partial charge in [0.1, 0.15) is 5.75 Å². The highest BCUT2D eigenvalue weighted by Crippen LogP contribution is 2.14. The number of nitrogens with two attached hydrogens (primary N) is 1. The fourth-order valence-electron chi connectivity index (χ4n) is 1.31. The molecule has 0 aliphatic carbocycles. The topological polar surface area (TPSA) is 64.3 Å². The van der Waals surface area contributed by atoms with Crippen LogP contribution in [0.5, 0.6) is 5.75 Å². The van der Waals surface area contributed by atoms with Gasteiger partial charge in [0.15, 0.2) is 0 Å². The van der Waals surface area contributed by atoms with Gasteiger partial charge in [0.05, 0.1) is 0 Å². The van der Waals surface area contributed by atoms with E-state index in [2.05, 4.69) is 5.32 Å². The number of para-hydroxylation sites is 1. The zero-order valence-corrected chi connectivity index (χ0v) is 9.09. The average molecular weight is 228 g/mol. The molecule has 0 unspecified atom stereocenters. The molecule has 0 radical (unpaired) electrons. The Labute approximate surface area is 99.0 Å². The Hall–Kier alpha value is -2.49. The van der Waals surface area contributed by atoms with Gasteiger partial charge in [0.2, 0.25) is 0 Å². The van der Waals surface area contributed by atoms with E-state index in [4.69, 9.17) is 10.5 Å². The predicted molar refractivity (Wildman–Crippen MR) is 66.9 cm³/mol. The van der Waals surface area contributed by atoms with Crippen LogP contribution in [-0.2, 0) is 0 Å². The Morgan fingerprint density at radius 1 is 1.00 bits per heavy atom.